The van der Waals surface area contributed by atoms with Crippen molar-refractivity contribution in [1.82, 2.24) is 0 Å². The van der Waals surface area contributed by atoms with Gasteiger partial charge in [0.1, 0.15) is 5.75 Å². The molecule has 114 valence electrons. The standard InChI is InChI=1S/C17H24N2OS/c1-2-20-15-9-5-4-8-14(15)19-16-18-12-17(13-21-16)10-6-3-7-11-17/h4-5,8-9H,2-3,6-7,10-13H2,1H3,(H,18,19). The average Bonchev–Trinajstić information content (AvgIpc) is 2.53. The third-order valence-corrected chi connectivity index (χ3v) is 5.68. The van der Waals surface area contributed by atoms with E-state index in [2.05, 4.69) is 11.4 Å². The van der Waals surface area contributed by atoms with Gasteiger partial charge in [0.2, 0.25) is 0 Å². The molecule has 1 spiro atoms. The SMILES string of the molecule is CCOc1ccccc1NC1=NCC2(CCCCC2)CS1. The van der Waals surface area contributed by atoms with Crippen LogP contribution in [0.1, 0.15) is 39.0 Å². The number of ether oxygens (including phenoxy) is 1. The Morgan fingerprint density at radius 3 is 2.76 bits per heavy atom. The van der Waals surface area contributed by atoms with Crippen LogP contribution in [0.5, 0.6) is 5.75 Å². The molecule has 0 atom stereocenters. The summed E-state index contributed by atoms with van der Waals surface area (Å²) in [4.78, 5) is 4.82. The van der Waals surface area contributed by atoms with Crippen molar-refractivity contribution in [1.29, 1.82) is 0 Å². The molecule has 1 aromatic carbocycles. The smallest absolute Gasteiger partial charge is 0.161 e. The van der Waals surface area contributed by atoms with Gasteiger partial charge in [-0.3, -0.25) is 4.99 Å². The Labute approximate surface area is 131 Å². The third kappa shape index (κ3) is 3.54. The van der Waals surface area contributed by atoms with E-state index in [1.807, 2.05) is 36.9 Å². The molecule has 0 unspecified atom stereocenters. The molecule has 2 aliphatic rings. The van der Waals surface area contributed by atoms with Crippen LogP contribution in [0.4, 0.5) is 5.69 Å². The van der Waals surface area contributed by atoms with E-state index in [0.717, 1.165) is 23.1 Å². The van der Waals surface area contributed by atoms with Gasteiger partial charge in [0.25, 0.3) is 0 Å². The first-order valence-electron chi connectivity index (χ1n) is 7.97. The Bertz CT molecular complexity index is 509. The van der Waals surface area contributed by atoms with E-state index in [-0.39, 0.29) is 0 Å². The van der Waals surface area contributed by atoms with Crippen LogP contribution in [0.2, 0.25) is 0 Å². The molecule has 0 aromatic heterocycles. The van der Waals surface area contributed by atoms with Gasteiger partial charge in [-0.05, 0) is 37.3 Å². The zero-order valence-electron chi connectivity index (χ0n) is 12.7. The van der Waals surface area contributed by atoms with E-state index in [9.17, 15) is 0 Å². The molecule has 21 heavy (non-hydrogen) atoms. The summed E-state index contributed by atoms with van der Waals surface area (Å²) in [6, 6.07) is 8.09. The van der Waals surface area contributed by atoms with Crippen LogP contribution in [0.15, 0.2) is 29.3 Å². The highest BCUT2D eigenvalue weighted by Crippen LogP contribution is 2.42. The summed E-state index contributed by atoms with van der Waals surface area (Å²) >= 11 is 1.87. The normalized spacial score (nSPS) is 20.9. The molecule has 4 heteroatoms. The molecule has 1 aliphatic heterocycles. The molecule has 1 aliphatic carbocycles. The molecule has 0 amide bonds. The summed E-state index contributed by atoms with van der Waals surface area (Å²) in [6.07, 6.45) is 6.87. The number of rotatable bonds is 3. The number of benzene rings is 1. The quantitative estimate of drug-likeness (QED) is 0.889. The first-order valence-corrected chi connectivity index (χ1v) is 8.96. The molecule has 1 aromatic rings. The molecular weight excluding hydrogens is 280 g/mol. The second kappa shape index (κ2) is 6.73. The average molecular weight is 304 g/mol. The predicted octanol–water partition coefficient (Wildman–Crippen LogP) is 4.55. The first-order chi connectivity index (χ1) is 10.3. The predicted molar refractivity (Wildman–Crippen MR) is 91.5 cm³/mol. The lowest BCUT2D eigenvalue weighted by Gasteiger charge is -2.38. The van der Waals surface area contributed by atoms with Crippen molar-refractivity contribution >= 4 is 22.6 Å². The number of anilines is 1. The molecule has 1 N–H and O–H groups in total. The second-order valence-corrected chi connectivity index (χ2v) is 6.99. The van der Waals surface area contributed by atoms with Gasteiger partial charge < -0.3 is 10.1 Å². The van der Waals surface area contributed by atoms with E-state index in [4.69, 9.17) is 9.73 Å². The van der Waals surface area contributed by atoms with E-state index < -0.39 is 0 Å². The highest BCUT2D eigenvalue weighted by atomic mass is 32.2. The molecule has 0 radical (unpaired) electrons. The minimum absolute atomic E-state index is 0.480. The minimum atomic E-state index is 0.480. The number of thioether (sulfide) groups is 1. The fraction of sp³-hybridized carbons (Fsp3) is 0.588. The number of aliphatic imine (C=N–C) groups is 1. The Morgan fingerprint density at radius 2 is 2.05 bits per heavy atom. The van der Waals surface area contributed by atoms with Gasteiger partial charge in [-0.15, -0.1) is 0 Å². The van der Waals surface area contributed by atoms with Gasteiger partial charge >= 0.3 is 0 Å². The number of hydrogen-bond acceptors (Lipinski definition) is 4. The summed E-state index contributed by atoms with van der Waals surface area (Å²) in [5, 5.41) is 4.48. The highest BCUT2D eigenvalue weighted by Gasteiger charge is 2.34. The van der Waals surface area contributed by atoms with Crippen molar-refractivity contribution in [3.8, 4) is 5.75 Å². The monoisotopic (exact) mass is 304 g/mol. The second-order valence-electron chi connectivity index (χ2n) is 6.02. The highest BCUT2D eigenvalue weighted by molar-refractivity contribution is 8.14. The van der Waals surface area contributed by atoms with Crippen molar-refractivity contribution < 1.29 is 4.74 Å². The maximum absolute atomic E-state index is 5.66. The lowest BCUT2D eigenvalue weighted by Crippen LogP contribution is -2.35. The molecule has 1 saturated carbocycles. The van der Waals surface area contributed by atoms with Crippen LogP contribution < -0.4 is 10.1 Å². The summed E-state index contributed by atoms with van der Waals surface area (Å²) in [5.41, 5.74) is 1.50. The van der Waals surface area contributed by atoms with Gasteiger partial charge in [0, 0.05) is 12.3 Å². The lowest BCUT2D eigenvalue weighted by molar-refractivity contribution is 0.232. The Morgan fingerprint density at radius 1 is 1.24 bits per heavy atom. The number of nitrogens with one attached hydrogen (secondary N) is 1. The minimum Gasteiger partial charge on any atom is -0.492 e. The molecule has 1 fully saturated rings. The van der Waals surface area contributed by atoms with Crippen LogP contribution in [-0.2, 0) is 0 Å². The van der Waals surface area contributed by atoms with Crippen molar-refractivity contribution in [3.63, 3.8) is 0 Å². The topological polar surface area (TPSA) is 33.6 Å². The van der Waals surface area contributed by atoms with Crippen LogP contribution in [0.3, 0.4) is 0 Å². The van der Waals surface area contributed by atoms with Crippen LogP contribution in [-0.4, -0.2) is 24.1 Å². The van der Waals surface area contributed by atoms with Crippen molar-refractivity contribution in [2.24, 2.45) is 10.4 Å². The van der Waals surface area contributed by atoms with Gasteiger partial charge in [-0.25, -0.2) is 0 Å². The van der Waals surface area contributed by atoms with Crippen molar-refractivity contribution in [2.75, 3.05) is 24.2 Å². The molecular formula is C17H24N2OS. The maximum Gasteiger partial charge on any atom is 0.161 e. The molecule has 3 rings (SSSR count). The number of para-hydroxylation sites is 2. The Kier molecular flexibility index (Phi) is 4.73. The number of hydrogen-bond donors (Lipinski definition) is 1. The number of amidine groups is 1. The van der Waals surface area contributed by atoms with Crippen LogP contribution in [0, 0.1) is 5.41 Å². The lowest BCUT2D eigenvalue weighted by atomic mass is 9.75. The third-order valence-electron chi connectivity index (χ3n) is 4.42. The zero-order valence-corrected chi connectivity index (χ0v) is 13.5. The van der Waals surface area contributed by atoms with Crippen LogP contribution >= 0.6 is 11.8 Å². The van der Waals surface area contributed by atoms with Gasteiger partial charge in [0.15, 0.2) is 5.17 Å². The van der Waals surface area contributed by atoms with Gasteiger partial charge in [-0.2, -0.15) is 0 Å². The largest absolute Gasteiger partial charge is 0.492 e. The van der Waals surface area contributed by atoms with E-state index in [1.165, 1.54) is 37.9 Å². The van der Waals surface area contributed by atoms with Gasteiger partial charge in [-0.1, -0.05) is 43.2 Å². The molecule has 3 nitrogen and oxygen atoms in total. The fourth-order valence-corrected chi connectivity index (χ4v) is 4.36. The summed E-state index contributed by atoms with van der Waals surface area (Å²) in [7, 11) is 0. The van der Waals surface area contributed by atoms with Gasteiger partial charge in [0.05, 0.1) is 12.3 Å². The zero-order chi connectivity index (χ0) is 14.5. The molecule has 0 bridgehead atoms. The molecule has 0 saturated heterocycles. The van der Waals surface area contributed by atoms with E-state index in [1.54, 1.807) is 0 Å². The van der Waals surface area contributed by atoms with E-state index in [0.29, 0.717) is 12.0 Å². The number of nitrogens with zero attached hydrogens (tertiary/aromatic N) is 1. The molecule has 1 heterocycles. The Hall–Kier alpha value is -1.16. The van der Waals surface area contributed by atoms with E-state index >= 15 is 0 Å². The summed E-state index contributed by atoms with van der Waals surface area (Å²) in [6.45, 7) is 3.68. The van der Waals surface area contributed by atoms with Crippen molar-refractivity contribution in [3.05, 3.63) is 24.3 Å². The maximum atomic E-state index is 5.66. The fourth-order valence-electron chi connectivity index (χ4n) is 3.20. The van der Waals surface area contributed by atoms with Crippen molar-refractivity contribution in [2.45, 2.75) is 39.0 Å². The summed E-state index contributed by atoms with van der Waals surface area (Å²) < 4.78 is 5.66. The Balaban J connectivity index is 1.66. The van der Waals surface area contributed by atoms with Crippen LogP contribution in [0.25, 0.3) is 0 Å². The first kappa shape index (κ1) is 14.8. The summed E-state index contributed by atoms with van der Waals surface area (Å²) in [5.74, 6) is 2.11.